The third kappa shape index (κ3) is 4.24. The minimum atomic E-state index is -0.361. The molecule has 124 valence electrons. The van der Waals surface area contributed by atoms with Crippen LogP contribution < -0.4 is 5.32 Å². The standard InChI is InChI=1S/C19H13ClN2O2S/c20-17-7-6-15(10-14(17)11-21)22-19(23)18-13(8-9-24-18)12-25-16-4-2-1-3-5-16/h1-10H,12H2,(H,22,23). The predicted molar refractivity (Wildman–Crippen MR) is 98.8 cm³/mol. The van der Waals surface area contributed by atoms with Gasteiger partial charge in [-0.25, -0.2) is 0 Å². The average Bonchev–Trinajstić information content (AvgIpc) is 3.11. The summed E-state index contributed by atoms with van der Waals surface area (Å²) < 4.78 is 5.35. The van der Waals surface area contributed by atoms with Gasteiger partial charge in [0, 0.05) is 21.9 Å². The molecule has 0 radical (unpaired) electrons. The van der Waals surface area contributed by atoms with Gasteiger partial charge >= 0.3 is 0 Å². The number of hydrogen-bond donors (Lipinski definition) is 1. The van der Waals surface area contributed by atoms with E-state index < -0.39 is 0 Å². The Balaban J connectivity index is 1.71. The van der Waals surface area contributed by atoms with E-state index in [0.29, 0.717) is 22.0 Å². The molecule has 1 amide bonds. The van der Waals surface area contributed by atoms with Gasteiger partial charge in [-0.15, -0.1) is 11.8 Å². The highest BCUT2D eigenvalue weighted by Gasteiger charge is 2.16. The van der Waals surface area contributed by atoms with Gasteiger partial charge in [0.15, 0.2) is 5.76 Å². The molecule has 6 heteroatoms. The molecule has 1 aromatic heterocycles. The molecule has 0 fully saturated rings. The monoisotopic (exact) mass is 368 g/mol. The van der Waals surface area contributed by atoms with Gasteiger partial charge in [-0.2, -0.15) is 5.26 Å². The van der Waals surface area contributed by atoms with E-state index in [1.165, 1.54) is 12.3 Å². The lowest BCUT2D eigenvalue weighted by molar-refractivity contribution is 0.0996. The van der Waals surface area contributed by atoms with Crippen LogP contribution in [0.25, 0.3) is 0 Å². The van der Waals surface area contributed by atoms with Crippen LogP contribution in [-0.2, 0) is 5.75 Å². The Morgan fingerprint density at radius 2 is 2.00 bits per heavy atom. The van der Waals surface area contributed by atoms with Crippen LogP contribution in [0.4, 0.5) is 5.69 Å². The van der Waals surface area contributed by atoms with Gasteiger partial charge in [0.1, 0.15) is 6.07 Å². The summed E-state index contributed by atoms with van der Waals surface area (Å²) >= 11 is 7.52. The minimum Gasteiger partial charge on any atom is -0.459 e. The van der Waals surface area contributed by atoms with Crippen LogP contribution in [0.3, 0.4) is 0 Å². The molecule has 0 aliphatic carbocycles. The number of amides is 1. The predicted octanol–water partition coefficient (Wildman–Crippen LogP) is 5.35. The maximum Gasteiger partial charge on any atom is 0.291 e. The van der Waals surface area contributed by atoms with Crippen LogP contribution in [0.5, 0.6) is 0 Å². The summed E-state index contributed by atoms with van der Waals surface area (Å²) in [4.78, 5) is 13.6. The highest BCUT2D eigenvalue weighted by Crippen LogP contribution is 2.26. The van der Waals surface area contributed by atoms with Crippen molar-refractivity contribution in [1.82, 2.24) is 0 Å². The maximum atomic E-state index is 12.5. The summed E-state index contributed by atoms with van der Waals surface area (Å²) in [6.07, 6.45) is 1.50. The molecule has 0 spiro atoms. The van der Waals surface area contributed by atoms with Crippen molar-refractivity contribution >= 4 is 35.0 Å². The average molecular weight is 369 g/mol. The van der Waals surface area contributed by atoms with Gasteiger partial charge in [0.25, 0.3) is 5.91 Å². The number of anilines is 1. The molecule has 0 unspecified atom stereocenters. The second-order valence-corrected chi connectivity index (χ2v) is 6.59. The molecule has 0 saturated carbocycles. The van der Waals surface area contributed by atoms with Crippen LogP contribution in [-0.4, -0.2) is 5.91 Å². The summed E-state index contributed by atoms with van der Waals surface area (Å²) in [7, 11) is 0. The van der Waals surface area contributed by atoms with E-state index in [2.05, 4.69) is 5.32 Å². The molecule has 1 heterocycles. The summed E-state index contributed by atoms with van der Waals surface area (Å²) in [5, 5.41) is 12.1. The van der Waals surface area contributed by atoms with Crippen molar-refractivity contribution in [1.29, 1.82) is 5.26 Å². The molecule has 0 aliphatic rings. The Bertz CT molecular complexity index is 932. The fraction of sp³-hybridized carbons (Fsp3) is 0.0526. The quantitative estimate of drug-likeness (QED) is 0.616. The second-order valence-electron chi connectivity index (χ2n) is 5.14. The molecular formula is C19H13ClN2O2S. The number of carbonyl (C=O) groups excluding carboxylic acids is 1. The lowest BCUT2D eigenvalue weighted by atomic mass is 10.2. The smallest absolute Gasteiger partial charge is 0.291 e. The fourth-order valence-electron chi connectivity index (χ4n) is 2.20. The van der Waals surface area contributed by atoms with Crippen molar-refractivity contribution in [3.8, 4) is 6.07 Å². The first-order chi connectivity index (χ1) is 12.2. The van der Waals surface area contributed by atoms with Crippen LogP contribution in [0.15, 0.2) is 70.2 Å². The third-order valence-electron chi connectivity index (χ3n) is 3.44. The van der Waals surface area contributed by atoms with E-state index in [1.807, 2.05) is 36.4 Å². The summed E-state index contributed by atoms with van der Waals surface area (Å²) in [6.45, 7) is 0. The van der Waals surface area contributed by atoms with Crippen LogP contribution >= 0.6 is 23.4 Å². The summed E-state index contributed by atoms with van der Waals surface area (Å²) in [5.74, 6) is 0.518. The number of benzene rings is 2. The number of nitrogens with zero attached hydrogens (tertiary/aromatic N) is 1. The Morgan fingerprint density at radius 3 is 2.76 bits per heavy atom. The van der Waals surface area contributed by atoms with Gasteiger partial charge in [0.05, 0.1) is 16.8 Å². The summed E-state index contributed by atoms with van der Waals surface area (Å²) in [5.41, 5.74) is 1.60. The molecule has 4 nitrogen and oxygen atoms in total. The summed E-state index contributed by atoms with van der Waals surface area (Å²) in [6, 6.07) is 18.4. The van der Waals surface area contributed by atoms with E-state index >= 15 is 0 Å². The van der Waals surface area contributed by atoms with Crippen LogP contribution in [0.2, 0.25) is 5.02 Å². The first-order valence-electron chi connectivity index (χ1n) is 7.42. The molecule has 3 rings (SSSR count). The van der Waals surface area contributed by atoms with E-state index in [0.717, 1.165) is 10.5 Å². The molecule has 25 heavy (non-hydrogen) atoms. The Labute approximate surface area is 154 Å². The zero-order chi connectivity index (χ0) is 17.6. The molecule has 3 aromatic rings. The number of thioether (sulfide) groups is 1. The normalized spacial score (nSPS) is 10.2. The number of carbonyl (C=O) groups is 1. The third-order valence-corrected chi connectivity index (χ3v) is 4.83. The lowest BCUT2D eigenvalue weighted by Crippen LogP contribution is -2.12. The zero-order valence-corrected chi connectivity index (χ0v) is 14.6. The van der Waals surface area contributed by atoms with Crippen molar-refractivity contribution in [2.24, 2.45) is 0 Å². The van der Waals surface area contributed by atoms with Gasteiger partial charge in [0.2, 0.25) is 0 Å². The number of furan rings is 1. The highest BCUT2D eigenvalue weighted by atomic mass is 35.5. The molecule has 0 saturated heterocycles. The molecule has 0 bridgehead atoms. The first kappa shape index (κ1) is 17.2. The fourth-order valence-corrected chi connectivity index (χ4v) is 3.26. The molecular weight excluding hydrogens is 356 g/mol. The van der Waals surface area contributed by atoms with E-state index in [9.17, 15) is 4.79 Å². The molecule has 2 aromatic carbocycles. The van der Waals surface area contributed by atoms with E-state index in [1.54, 1.807) is 30.0 Å². The number of rotatable bonds is 5. The first-order valence-corrected chi connectivity index (χ1v) is 8.79. The zero-order valence-electron chi connectivity index (χ0n) is 13.0. The largest absolute Gasteiger partial charge is 0.459 e. The van der Waals surface area contributed by atoms with Gasteiger partial charge < -0.3 is 9.73 Å². The minimum absolute atomic E-state index is 0.261. The van der Waals surface area contributed by atoms with Crippen molar-refractivity contribution in [3.63, 3.8) is 0 Å². The topological polar surface area (TPSA) is 66.0 Å². The number of halogens is 1. The van der Waals surface area contributed by atoms with Crippen molar-refractivity contribution in [3.05, 3.63) is 82.8 Å². The Morgan fingerprint density at radius 1 is 1.20 bits per heavy atom. The van der Waals surface area contributed by atoms with Crippen molar-refractivity contribution in [2.45, 2.75) is 10.6 Å². The van der Waals surface area contributed by atoms with Crippen LogP contribution in [0.1, 0.15) is 21.7 Å². The maximum absolute atomic E-state index is 12.5. The van der Waals surface area contributed by atoms with Crippen LogP contribution in [0, 0.1) is 11.3 Å². The number of hydrogen-bond acceptors (Lipinski definition) is 4. The Hall–Kier alpha value is -2.68. The van der Waals surface area contributed by atoms with Gasteiger partial charge in [-0.3, -0.25) is 4.79 Å². The number of nitrogens with one attached hydrogen (secondary N) is 1. The van der Waals surface area contributed by atoms with Gasteiger partial charge in [-0.05, 0) is 36.4 Å². The Kier molecular flexibility index (Phi) is 5.44. The van der Waals surface area contributed by atoms with Gasteiger partial charge in [-0.1, -0.05) is 29.8 Å². The van der Waals surface area contributed by atoms with E-state index in [4.69, 9.17) is 21.3 Å². The van der Waals surface area contributed by atoms with E-state index in [-0.39, 0.29) is 11.7 Å². The molecule has 0 atom stereocenters. The molecule has 1 N–H and O–H groups in total. The van der Waals surface area contributed by atoms with Crippen molar-refractivity contribution < 1.29 is 9.21 Å². The second kappa shape index (κ2) is 7.93. The highest BCUT2D eigenvalue weighted by molar-refractivity contribution is 7.98. The number of nitriles is 1. The molecule has 0 aliphatic heterocycles. The SMILES string of the molecule is N#Cc1cc(NC(=O)c2occc2CSc2ccccc2)ccc1Cl. The lowest BCUT2D eigenvalue weighted by Gasteiger charge is -2.06. The van der Waals surface area contributed by atoms with Crippen molar-refractivity contribution in [2.75, 3.05) is 5.32 Å².